The minimum atomic E-state index is -0.291. The minimum absolute atomic E-state index is 0.0374. The normalized spacial score (nSPS) is 11.1. The van der Waals surface area contributed by atoms with E-state index in [0.717, 1.165) is 10.7 Å². The third-order valence-corrected chi connectivity index (χ3v) is 4.52. The average molecular weight is 342 g/mol. The van der Waals surface area contributed by atoms with Gasteiger partial charge >= 0.3 is 0 Å². The Morgan fingerprint density at radius 2 is 2.12 bits per heavy atom. The van der Waals surface area contributed by atoms with Gasteiger partial charge in [-0.25, -0.2) is 9.97 Å². The minimum Gasteiger partial charge on any atom is -0.348 e. The van der Waals surface area contributed by atoms with Gasteiger partial charge in [0.2, 0.25) is 5.91 Å². The molecule has 6 nitrogen and oxygen atoms in total. The smallest absolute Gasteiger partial charge is 0.269 e. The van der Waals surface area contributed by atoms with Crippen molar-refractivity contribution < 1.29 is 4.79 Å². The Balaban J connectivity index is 1.71. The first-order valence-corrected chi connectivity index (χ1v) is 8.58. The SMILES string of the molecule is CC(C)c1csc(CNC(=O)Cn2c(=O)cnc3ccccc32)n1. The van der Waals surface area contributed by atoms with E-state index in [4.69, 9.17) is 0 Å². The topological polar surface area (TPSA) is 76.9 Å². The van der Waals surface area contributed by atoms with Crippen molar-refractivity contribution >= 4 is 28.3 Å². The first-order valence-electron chi connectivity index (χ1n) is 7.70. The van der Waals surface area contributed by atoms with Crippen LogP contribution < -0.4 is 10.9 Å². The highest BCUT2D eigenvalue weighted by Gasteiger charge is 2.10. The van der Waals surface area contributed by atoms with Crippen LogP contribution in [0.2, 0.25) is 0 Å². The van der Waals surface area contributed by atoms with Crippen LogP contribution in [0.1, 0.15) is 30.5 Å². The summed E-state index contributed by atoms with van der Waals surface area (Å²) in [6.45, 7) is 4.50. The van der Waals surface area contributed by atoms with E-state index in [1.165, 1.54) is 22.1 Å². The van der Waals surface area contributed by atoms with Crippen LogP contribution in [0.5, 0.6) is 0 Å². The Labute approximate surface area is 143 Å². The third-order valence-electron chi connectivity index (χ3n) is 3.65. The van der Waals surface area contributed by atoms with Gasteiger partial charge in [0, 0.05) is 5.38 Å². The number of rotatable bonds is 5. The van der Waals surface area contributed by atoms with E-state index < -0.39 is 0 Å². The standard InChI is InChI=1S/C17H18N4O2S/c1-11(2)13-10-24-16(20-13)7-19-15(22)9-21-14-6-4-3-5-12(14)18-8-17(21)23/h3-6,8,10-11H,7,9H2,1-2H3,(H,19,22). The molecule has 0 aliphatic carbocycles. The van der Waals surface area contributed by atoms with Crippen LogP contribution in [0.25, 0.3) is 11.0 Å². The summed E-state index contributed by atoms with van der Waals surface area (Å²) in [7, 11) is 0. The van der Waals surface area contributed by atoms with Gasteiger partial charge in [0.05, 0.1) is 29.5 Å². The summed E-state index contributed by atoms with van der Waals surface area (Å²) in [6, 6.07) is 7.26. The number of para-hydroxylation sites is 2. The number of amides is 1. The van der Waals surface area contributed by atoms with Crippen molar-refractivity contribution in [3.8, 4) is 0 Å². The maximum Gasteiger partial charge on any atom is 0.269 e. The maximum atomic E-state index is 12.2. The molecule has 0 atom stereocenters. The van der Waals surface area contributed by atoms with Crippen LogP contribution in [-0.4, -0.2) is 20.4 Å². The number of carbonyl (C=O) groups is 1. The first kappa shape index (κ1) is 16.3. The molecule has 1 N–H and O–H groups in total. The lowest BCUT2D eigenvalue weighted by Crippen LogP contribution is -2.32. The molecule has 2 heterocycles. The number of aromatic nitrogens is 3. The number of fused-ring (bicyclic) bond motifs is 1. The largest absolute Gasteiger partial charge is 0.348 e. The van der Waals surface area contributed by atoms with Crippen LogP contribution >= 0.6 is 11.3 Å². The van der Waals surface area contributed by atoms with E-state index in [1.54, 1.807) is 6.07 Å². The van der Waals surface area contributed by atoms with Crippen molar-refractivity contribution in [3.05, 3.63) is 56.9 Å². The van der Waals surface area contributed by atoms with Gasteiger partial charge < -0.3 is 5.32 Å². The molecule has 0 spiro atoms. The highest BCUT2D eigenvalue weighted by Crippen LogP contribution is 2.17. The molecule has 3 aromatic rings. The lowest BCUT2D eigenvalue weighted by molar-refractivity contribution is -0.121. The third kappa shape index (κ3) is 3.51. The summed E-state index contributed by atoms with van der Waals surface area (Å²) in [5.74, 6) is 0.141. The predicted octanol–water partition coefficient (Wildman–Crippen LogP) is 2.29. The fourth-order valence-electron chi connectivity index (χ4n) is 2.32. The van der Waals surface area contributed by atoms with Gasteiger partial charge in [-0.15, -0.1) is 11.3 Å². The van der Waals surface area contributed by atoms with Crippen LogP contribution in [0.3, 0.4) is 0 Å². The maximum absolute atomic E-state index is 12.2. The molecule has 7 heteroatoms. The summed E-state index contributed by atoms with van der Waals surface area (Å²) in [6.07, 6.45) is 1.24. The predicted molar refractivity (Wildman–Crippen MR) is 94.1 cm³/mol. The molecule has 1 amide bonds. The van der Waals surface area contributed by atoms with Crippen LogP contribution in [0.4, 0.5) is 0 Å². The van der Waals surface area contributed by atoms with E-state index in [-0.39, 0.29) is 18.0 Å². The molecular weight excluding hydrogens is 324 g/mol. The Bertz CT molecular complexity index is 929. The highest BCUT2D eigenvalue weighted by atomic mass is 32.1. The molecule has 24 heavy (non-hydrogen) atoms. The second-order valence-electron chi connectivity index (χ2n) is 5.77. The quantitative estimate of drug-likeness (QED) is 0.772. The number of nitrogens with zero attached hydrogens (tertiary/aromatic N) is 3. The molecule has 0 saturated carbocycles. The van der Waals surface area contributed by atoms with Gasteiger partial charge in [0.1, 0.15) is 11.6 Å². The molecule has 0 aliphatic heterocycles. The Hall–Kier alpha value is -2.54. The van der Waals surface area contributed by atoms with Crippen molar-refractivity contribution in [1.29, 1.82) is 0 Å². The zero-order chi connectivity index (χ0) is 17.1. The van der Waals surface area contributed by atoms with E-state index in [2.05, 4.69) is 29.1 Å². The van der Waals surface area contributed by atoms with Gasteiger partial charge in [-0.1, -0.05) is 26.0 Å². The lowest BCUT2D eigenvalue weighted by Gasteiger charge is -2.09. The Morgan fingerprint density at radius 3 is 2.88 bits per heavy atom. The molecule has 1 aromatic carbocycles. The number of thiazole rings is 1. The van der Waals surface area contributed by atoms with E-state index in [1.807, 2.05) is 23.6 Å². The van der Waals surface area contributed by atoms with Crippen molar-refractivity contribution in [2.75, 3.05) is 0 Å². The number of hydrogen-bond acceptors (Lipinski definition) is 5. The number of hydrogen-bond donors (Lipinski definition) is 1. The van der Waals surface area contributed by atoms with Gasteiger partial charge in [0.25, 0.3) is 5.56 Å². The number of nitrogens with one attached hydrogen (secondary N) is 1. The molecule has 3 rings (SSSR count). The van der Waals surface area contributed by atoms with Gasteiger partial charge in [-0.2, -0.15) is 0 Å². The molecular formula is C17H18N4O2S. The Morgan fingerprint density at radius 1 is 1.33 bits per heavy atom. The second kappa shape index (κ2) is 6.92. The van der Waals surface area contributed by atoms with Crippen molar-refractivity contribution in [2.24, 2.45) is 0 Å². The summed E-state index contributed by atoms with van der Waals surface area (Å²) in [5, 5.41) is 5.69. The van der Waals surface area contributed by atoms with Crippen LogP contribution in [0, 0.1) is 0 Å². The molecule has 0 unspecified atom stereocenters. The van der Waals surface area contributed by atoms with Crippen LogP contribution in [-0.2, 0) is 17.9 Å². The molecule has 2 aromatic heterocycles. The van der Waals surface area contributed by atoms with Crippen molar-refractivity contribution in [2.45, 2.75) is 32.9 Å². The zero-order valence-corrected chi connectivity index (χ0v) is 14.3. The van der Waals surface area contributed by atoms with E-state index in [9.17, 15) is 9.59 Å². The van der Waals surface area contributed by atoms with E-state index in [0.29, 0.717) is 23.5 Å². The van der Waals surface area contributed by atoms with Gasteiger partial charge in [-0.05, 0) is 18.1 Å². The second-order valence-corrected chi connectivity index (χ2v) is 6.71. The zero-order valence-electron chi connectivity index (χ0n) is 13.5. The molecule has 0 aliphatic rings. The monoisotopic (exact) mass is 342 g/mol. The summed E-state index contributed by atoms with van der Waals surface area (Å²) >= 11 is 1.53. The van der Waals surface area contributed by atoms with Crippen molar-refractivity contribution in [3.63, 3.8) is 0 Å². The molecule has 0 saturated heterocycles. The fraction of sp³-hybridized carbons (Fsp3) is 0.294. The van der Waals surface area contributed by atoms with Crippen LogP contribution in [0.15, 0.2) is 40.6 Å². The first-order chi connectivity index (χ1) is 11.5. The van der Waals surface area contributed by atoms with E-state index >= 15 is 0 Å². The molecule has 0 radical (unpaired) electrons. The highest BCUT2D eigenvalue weighted by molar-refractivity contribution is 7.09. The summed E-state index contributed by atoms with van der Waals surface area (Å²) in [5.41, 5.74) is 2.07. The Kier molecular flexibility index (Phi) is 4.71. The summed E-state index contributed by atoms with van der Waals surface area (Å²) < 4.78 is 1.43. The lowest BCUT2D eigenvalue weighted by atomic mass is 10.2. The molecule has 0 bridgehead atoms. The fourth-order valence-corrected chi connectivity index (χ4v) is 3.22. The van der Waals surface area contributed by atoms with Crippen molar-refractivity contribution in [1.82, 2.24) is 19.9 Å². The van der Waals surface area contributed by atoms with Gasteiger partial charge in [0.15, 0.2) is 0 Å². The molecule has 0 fully saturated rings. The van der Waals surface area contributed by atoms with Gasteiger partial charge in [-0.3, -0.25) is 14.2 Å². The molecule has 124 valence electrons. The summed E-state index contributed by atoms with van der Waals surface area (Å²) in [4.78, 5) is 32.8. The average Bonchev–Trinajstić information content (AvgIpc) is 3.05. The number of carbonyl (C=O) groups excluding carboxylic acids is 1. The number of benzene rings is 1.